The summed E-state index contributed by atoms with van der Waals surface area (Å²) in [4.78, 5) is 18.5. The van der Waals surface area contributed by atoms with E-state index in [0.717, 1.165) is 45.5 Å². The lowest BCUT2D eigenvalue weighted by Crippen LogP contribution is -2.23. The second-order valence-corrected chi connectivity index (χ2v) is 9.54. The molecule has 0 saturated heterocycles. The Hall–Kier alpha value is -3.84. The van der Waals surface area contributed by atoms with Gasteiger partial charge in [-0.25, -0.2) is 4.98 Å². The zero-order valence-electron chi connectivity index (χ0n) is 19.8. The van der Waals surface area contributed by atoms with Crippen LogP contribution in [0.3, 0.4) is 0 Å². The smallest absolute Gasteiger partial charge is 0.251 e. The Morgan fingerprint density at radius 3 is 2.51 bits per heavy atom. The van der Waals surface area contributed by atoms with Crippen molar-refractivity contribution in [3.8, 4) is 0 Å². The van der Waals surface area contributed by atoms with Crippen molar-refractivity contribution in [1.29, 1.82) is 0 Å². The molecule has 6 nitrogen and oxygen atoms in total. The molecule has 0 aliphatic rings. The number of hydrogen-bond donors (Lipinski definition) is 1. The summed E-state index contributed by atoms with van der Waals surface area (Å²) in [6.07, 6.45) is 4.05. The highest BCUT2D eigenvalue weighted by Crippen LogP contribution is 2.23. The molecule has 0 aliphatic carbocycles. The summed E-state index contributed by atoms with van der Waals surface area (Å²) < 4.78 is 4.03. The van der Waals surface area contributed by atoms with Gasteiger partial charge in [0.1, 0.15) is 5.65 Å². The first-order valence-corrected chi connectivity index (χ1v) is 12.6. The fourth-order valence-electron chi connectivity index (χ4n) is 4.09. The maximum Gasteiger partial charge on any atom is 0.251 e. The predicted molar refractivity (Wildman–Crippen MR) is 140 cm³/mol. The lowest BCUT2D eigenvalue weighted by molar-refractivity contribution is 0.0950. The Bertz CT molecular complexity index is 1420. The number of carbonyl (C=O) groups is 1. The van der Waals surface area contributed by atoms with Gasteiger partial charge >= 0.3 is 0 Å². The standard InChI is InChI=1S/C28H27N5OS/c1-20-26(21(2)33(31-20)17-22-8-4-3-5-9-22)16-29-28(34)23-11-13-25(14-12-23)35-19-24-18-32-15-7-6-10-27(32)30-24/h3-15,18H,16-17,19H2,1-2H3,(H,29,34). The van der Waals surface area contributed by atoms with Crippen LogP contribution < -0.4 is 5.32 Å². The van der Waals surface area contributed by atoms with E-state index < -0.39 is 0 Å². The average Bonchev–Trinajstić information content (AvgIpc) is 3.42. The summed E-state index contributed by atoms with van der Waals surface area (Å²) in [6, 6.07) is 24.0. The first-order valence-electron chi connectivity index (χ1n) is 11.6. The summed E-state index contributed by atoms with van der Waals surface area (Å²) in [5.41, 5.74) is 6.91. The first kappa shape index (κ1) is 22.9. The fourth-order valence-corrected chi connectivity index (χ4v) is 4.87. The molecule has 3 aromatic heterocycles. The summed E-state index contributed by atoms with van der Waals surface area (Å²) in [5, 5.41) is 7.74. The van der Waals surface area contributed by atoms with Crippen LogP contribution >= 0.6 is 11.8 Å². The number of amides is 1. The Morgan fingerprint density at radius 1 is 0.971 bits per heavy atom. The topological polar surface area (TPSA) is 64.2 Å². The van der Waals surface area contributed by atoms with Gasteiger partial charge in [-0.15, -0.1) is 11.8 Å². The molecular formula is C28H27N5OS. The lowest BCUT2D eigenvalue weighted by Gasteiger charge is -2.08. The molecule has 0 atom stereocenters. The summed E-state index contributed by atoms with van der Waals surface area (Å²) in [7, 11) is 0. The van der Waals surface area contributed by atoms with Gasteiger partial charge in [0.05, 0.1) is 17.9 Å². The van der Waals surface area contributed by atoms with E-state index in [1.165, 1.54) is 5.56 Å². The SMILES string of the molecule is Cc1nn(Cc2ccccc2)c(C)c1CNC(=O)c1ccc(SCc2cn3ccccc3n2)cc1. The van der Waals surface area contributed by atoms with E-state index in [2.05, 4.69) is 40.7 Å². The molecule has 5 aromatic rings. The monoisotopic (exact) mass is 481 g/mol. The molecule has 0 radical (unpaired) electrons. The second kappa shape index (κ2) is 10.2. The highest BCUT2D eigenvalue weighted by molar-refractivity contribution is 7.98. The van der Waals surface area contributed by atoms with Gasteiger partial charge < -0.3 is 9.72 Å². The third-order valence-corrected chi connectivity index (χ3v) is 7.09. The molecule has 2 aromatic carbocycles. The molecule has 0 aliphatic heterocycles. The largest absolute Gasteiger partial charge is 0.348 e. The van der Waals surface area contributed by atoms with Gasteiger partial charge in [0.25, 0.3) is 5.91 Å². The maximum absolute atomic E-state index is 12.8. The van der Waals surface area contributed by atoms with Crippen LogP contribution in [0.5, 0.6) is 0 Å². The van der Waals surface area contributed by atoms with Crippen molar-refractivity contribution < 1.29 is 4.79 Å². The van der Waals surface area contributed by atoms with E-state index in [9.17, 15) is 4.79 Å². The number of nitrogens with zero attached hydrogens (tertiary/aromatic N) is 4. The molecule has 0 spiro atoms. The summed E-state index contributed by atoms with van der Waals surface area (Å²) in [6.45, 7) is 5.22. The van der Waals surface area contributed by atoms with Crippen LogP contribution in [-0.2, 0) is 18.8 Å². The zero-order valence-corrected chi connectivity index (χ0v) is 20.6. The Kier molecular flexibility index (Phi) is 6.68. The van der Waals surface area contributed by atoms with Crippen molar-refractivity contribution in [2.75, 3.05) is 0 Å². The highest BCUT2D eigenvalue weighted by atomic mass is 32.2. The minimum absolute atomic E-state index is 0.0866. The van der Waals surface area contributed by atoms with E-state index >= 15 is 0 Å². The third kappa shape index (κ3) is 5.30. The van der Waals surface area contributed by atoms with Crippen LogP contribution in [0.1, 0.15) is 38.6 Å². The number of aromatic nitrogens is 4. The Balaban J connectivity index is 1.17. The summed E-state index contributed by atoms with van der Waals surface area (Å²) >= 11 is 1.71. The van der Waals surface area contributed by atoms with Gasteiger partial charge in [-0.2, -0.15) is 5.10 Å². The molecule has 0 fully saturated rings. The molecule has 1 amide bonds. The van der Waals surface area contributed by atoms with E-state index in [1.807, 2.05) is 82.9 Å². The van der Waals surface area contributed by atoms with E-state index in [-0.39, 0.29) is 5.91 Å². The molecule has 0 bridgehead atoms. The maximum atomic E-state index is 12.8. The Labute approximate surface area is 209 Å². The number of aryl methyl sites for hydroxylation is 1. The molecule has 176 valence electrons. The van der Waals surface area contributed by atoms with Crippen molar-refractivity contribution in [2.24, 2.45) is 0 Å². The van der Waals surface area contributed by atoms with Gasteiger partial charge in [0, 0.05) is 46.4 Å². The molecule has 7 heteroatoms. The van der Waals surface area contributed by atoms with Crippen molar-refractivity contribution in [3.63, 3.8) is 0 Å². The van der Waals surface area contributed by atoms with Crippen LogP contribution in [-0.4, -0.2) is 25.1 Å². The molecule has 0 saturated carbocycles. The number of imidazole rings is 1. The van der Waals surface area contributed by atoms with Crippen molar-refractivity contribution >= 4 is 23.3 Å². The zero-order chi connectivity index (χ0) is 24.2. The number of thioether (sulfide) groups is 1. The van der Waals surface area contributed by atoms with Gasteiger partial charge in [-0.05, 0) is 55.8 Å². The average molecular weight is 482 g/mol. The molecular weight excluding hydrogens is 454 g/mol. The number of carbonyl (C=O) groups excluding carboxylic acids is 1. The summed E-state index contributed by atoms with van der Waals surface area (Å²) in [5.74, 6) is 0.690. The first-order chi connectivity index (χ1) is 17.1. The number of benzene rings is 2. The third-order valence-electron chi connectivity index (χ3n) is 6.05. The van der Waals surface area contributed by atoms with Gasteiger partial charge in [0.15, 0.2) is 0 Å². The Morgan fingerprint density at radius 2 is 1.74 bits per heavy atom. The van der Waals surface area contributed by atoms with Gasteiger partial charge in [-0.3, -0.25) is 9.48 Å². The number of nitrogens with one attached hydrogen (secondary N) is 1. The predicted octanol–water partition coefficient (Wildman–Crippen LogP) is 5.42. The number of fused-ring (bicyclic) bond motifs is 1. The molecule has 35 heavy (non-hydrogen) atoms. The molecule has 0 unspecified atom stereocenters. The van der Waals surface area contributed by atoms with Crippen molar-refractivity contribution in [3.05, 3.63) is 119 Å². The minimum atomic E-state index is -0.0866. The van der Waals surface area contributed by atoms with Crippen LogP contribution in [0.15, 0.2) is 90.1 Å². The van der Waals surface area contributed by atoms with Gasteiger partial charge in [0.2, 0.25) is 0 Å². The van der Waals surface area contributed by atoms with E-state index in [4.69, 9.17) is 0 Å². The van der Waals surface area contributed by atoms with Crippen LogP contribution in [0.2, 0.25) is 0 Å². The van der Waals surface area contributed by atoms with Crippen LogP contribution in [0.4, 0.5) is 0 Å². The van der Waals surface area contributed by atoms with Crippen molar-refractivity contribution in [1.82, 2.24) is 24.5 Å². The molecule has 5 rings (SSSR count). The van der Waals surface area contributed by atoms with Gasteiger partial charge in [-0.1, -0.05) is 36.4 Å². The van der Waals surface area contributed by atoms with Crippen LogP contribution in [0, 0.1) is 13.8 Å². The normalized spacial score (nSPS) is 11.1. The van der Waals surface area contributed by atoms with E-state index in [0.29, 0.717) is 12.1 Å². The number of rotatable bonds is 8. The quantitative estimate of drug-likeness (QED) is 0.301. The number of pyridine rings is 1. The minimum Gasteiger partial charge on any atom is -0.348 e. The number of hydrogen-bond acceptors (Lipinski definition) is 4. The second-order valence-electron chi connectivity index (χ2n) is 8.49. The van der Waals surface area contributed by atoms with Crippen molar-refractivity contribution in [2.45, 2.75) is 37.6 Å². The fraction of sp³-hybridized carbons (Fsp3) is 0.179. The molecule has 3 heterocycles. The van der Waals surface area contributed by atoms with Crippen LogP contribution in [0.25, 0.3) is 5.65 Å². The molecule has 1 N–H and O–H groups in total. The van der Waals surface area contributed by atoms with E-state index in [1.54, 1.807) is 11.8 Å². The lowest BCUT2D eigenvalue weighted by atomic mass is 10.1. The highest BCUT2D eigenvalue weighted by Gasteiger charge is 2.14.